The molecule has 3 N–H and O–H groups in total. The number of methoxy groups -OCH3 is 1. The van der Waals surface area contributed by atoms with E-state index in [0.29, 0.717) is 36.8 Å². The zero-order valence-electron chi connectivity index (χ0n) is 12.8. The molecule has 1 fully saturated rings. The second-order valence-corrected chi connectivity index (χ2v) is 5.07. The lowest BCUT2D eigenvalue weighted by atomic mass is 10.2. The molecular weight excluding hydrogens is 286 g/mol. The summed E-state index contributed by atoms with van der Waals surface area (Å²) in [7, 11) is 1.53. The van der Waals surface area contributed by atoms with E-state index in [1.165, 1.54) is 14.0 Å². The van der Waals surface area contributed by atoms with Crippen LogP contribution in [0.4, 0.5) is 11.4 Å². The van der Waals surface area contributed by atoms with Crippen molar-refractivity contribution in [2.45, 2.75) is 19.4 Å². The summed E-state index contributed by atoms with van der Waals surface area (Å²) in [6.45, 7) is 3.37. The number of carbonyl (C=O) groups excluding carboxylic acids is 2. The first-order valence-corrected chi connectivity index (χ1v) is 7.15. The Morgan fingerprint density at radius 2 is 2.23 bits per heavy atom. The van der Waals surface area contributed by atoms with Gasteiger partial charge in [0.15, 0.2) is 0 Å². The fourth-order valence-corrected chi connectivity index (χ4v) is 2.26. The van der Waals surface area contributed by atoms with E-state index in [2.05, 4.69) is 16.0 Å². The Balaban J connectivity index is 2.02. The molecular formula is C15H21N3O4. The third-order valence-corrected chi connectivity index (χ3v) is 3.22. The Bertz CT molecular complexity index is 542. The van der Waals surface area contributed by atoms with Gasteiger partial charge in [-0.1, -0.05) is 0 Å². The predicted octanol–water partition coefficient (Wildman–Crippen LogP) is 0.971. The molecule has 22 heavy (non-hydrogen) atoms. The van der Waals surface area contributed by atoms with Crippen LogP contribution in [0.3, 0.4) is 0 Å². The molecule has 0 spiro atoms. The second-order valence-electron chi connectivity index (χ2n) is 5.07. The summed E-state index contributed by atoms with van der Waals surface area (Å²) >= 11 is 0. The molecule has 1 aromatic carbocycles. The Kier molecular flexibility index (Phi) is 5.74. The fourth-order valence-electron chi connectivity index (χ4n) is 2.26. The maximum Gasteiger partial charge on any atom is 0.226 e. The number of morpholine rings is 1. The number of benzene rings is 1. The van der Waals surface area contributed by atoms with Gasteiger partial charge in [0.1, 0.15) is 5.75 Å². The van der Waals surface area contributed by atoms with Crippen LogP contribution in [-0.2, 0) is 14.3 Å². The highest BCUT2D eigenvalue weighted by atomic mass is 16.5. The molecule has 7 nitrogen and oxygen atoms in total. The number of hydrogen-bond acceptors (Lipinski definition) is 5. The van der Waals surface area contributed by atoms with Crippen LogP contribution in [0.5, 0.6) is 5.75 Å². The highest BCUT2D eigenvalue weighted by molar-refractivity contribution is 5.95. The van der Waals surface area contributed by atoms with Gasteiger partial charge in [-0.3, -0.25) is 9.59 Å². The Hall–Kier alpha value is -2.12. The zero-order chi connectivity index (χ0) is 15.9. The molecule has 1 aromatic rings. The van der Waals surface area contributed by atoms with Gasteiger partial charge < -0.3 is 25.4 Å². The third kappa shape index (κ3) is 4.71. The molecule has 7 heteroatoms. The first-order chi connectivity index (χ1) is 10.6. The van der Waals surface area contributed by atoms with Crippen molar-refractivity contribution in [2.75, 3.05) is 37.5 Å². The van der Waals surface area contributed by atoms with Gasteiger partial charge >= 0.3 is 0 Å². The van der Waals surface area contributed by atoms with E-state index >= 15 is 0 Å². The molecule has 0 radical (unpaired) electrons. The minimum atomic E-state index is -0.175. The molecule has 0 saturated carbocycles. The minimum Gasteiger partial charge on any atom is -0.495 e. The van der Waals surface area contributed by atoms with Crippen molar-refractivity contribution in [1.29, 1.82) is 0 Å². The summed E-state index contributed by atoms with van der Waals surface area (Å²) in [5.41, 5.74) is 1.12. The van der Waals surface area contributed by atoms with E-state index in [9.17, 15) is 9.59 Å². The zero-order valence-corrected chi connectivity index (χ0v) is 12.8. The van der Waals surface area contributed by atoms with Crippen molar-refractivity contribution in [2.24, 2.45) is 0 Å². The van der Waals surface area contributed by atoms with E-state index in [-0.39, 0.29) is 17.9 Å². The first kappa shape index (κ1) is 16.3. The topological polar surface area (TPSA) is 88.7 Å². The normalized spacial score (nSPS) is 17.6. The number of carbonyl (C=O) groups is 2. The van der Waals surface area contributed by atoms with Crippen LogP contribution >= 0.6 is 0 Å². The monoisotopic (exact) mass is 307 g/mol. The van der Waals surface area contributed by atoms with E-state index in [1.807, 2.05) is 0 Å². The highest BCUT2D eigenvalue weighted by Gasteiger charge is 2.18. The maximum absolute atomic E-state index is 12.1. The second kappa shape index (κ2) is 7.77. The van der Waals surface area contributed by atoms with Crippen LogP contribution in [0.2, 0.25) is 0 Å². The molecule has 1 unspecified atom stereocenters. The predicted molar refractivity (Wildman–Crippen MR) is 83.2 cm³/mol. The molecule has 1 aliphatic rings. The average molecular weight is 307 g/mol. The van der Waals surface area contributed by atoms with Crippen molar-refractivity contribution < 1.29 is 19.1 Å². The number of hydrogen-bond donors (Lipinski definition) is 3. The van der Waals surface area contributed by atoms with Crippen LogP contribution < -0.4 is 20.7 Å². The molecule has 120 valence electrons. The van der Waals surface area contributed by atoms with Crippen molar-refractivity contribution in [3.05, 3.63) is 18.2 Å². The number of anilines is 2. The average Bonchev–Trinajstić information content (AvgIpc) is 2.48. The van der Waals surface area contributed by atoms with Crippen molar-refractivity contribution >= 4 is 23.2 Å². The lowest BCUT2D eigenvalue weighted by molar-refractivity contribution is -0.117. The van der Waals surface area contributed by atoms with Crippen molar-refractivity contribution in [3.63, 3.8) is 0 Å². The van der Waals surface area contributed by atoms with Gasteiger partial charge in [-0.15, -0.1) is 0 Å². The molecule has 1 aliphatic heterocycles. The fraction of sp³-hybridized carbons (Fsp3) is 0.467. The standard InChI is InChI=1S/C15H21N3O4/c1-10(19)17-11-3-4-14(21-2)13(7-11)18-15(20)8-12-9-22-6-5-16-12/h3-4,7,12,16H,5-6,8-9H2,1-2H3,(H,17,19)(H,18,20). The number of amides is 2. The van der Waals surface area contributed by atoms with Gasteiger partial charge in [0.05, 0.1) is 26.0 Å². The molecule has 0 aliphatic carbocycles. The Labute approximate surface area is 129 Å². The minimum absolute atomic E-state index is 0.0123. The Morgan fingerprint density at radius 3 is 2.86 bits per heavy atom. The van der Waals surface area contributed by atoms with Gasteiger partial charge in [-0.25, -0.2) is 0 Å². The van der Waals surface area contributed by atoms with E-state index in [4.69, 9.17) is 9.47 Å². The van der Waals surface area contributed by atoms with Crippen LogP contribution in [0.25, 0.3) is 0 Å². The van der Waals surface area contributed by atoms with Crippen LogP contribution in [0.1, 0.15) is 13.3 Å². The molecule has 2 rings (SSSR count). The SMILES string of the molecule is COc1ccc(NC(C)=O)cc1NC(=O)CC1COCCN1. The van der Waals surface area contributed by atoms with Gasteiger partial charge in [0.25, 0.3) is 0 Å². The highest BCUT2D eigenvalue weighted by Crippen LogP contribution is 2.28. The van der Waals surface area contributed by atoms with E-state index < -0.39 is 0 Å². The molecule has 1 saturated heterocycles. The van der Waals surface area contributed by atoms with Crippen LogP contribution in [0, 0.1) is 0 Å². The molecule has 0 bridgehead atoms. The van der Waals surface area contributed by atoms with E-state index in [0.717, 1.165) is 6.54 Å². The molecule has 1 heterocycles. The van der Waals surface area contributed by atoms with Gasteiger partial charge in [-0.2, -0.15) is 0 Å². The summed E-state index contributed by atoms with van der Waals surface area (Å²) in [5, 5.41) is 8.71. The summed E-state index contributed by atoms with van der Waals surface area (Å²) in [6.07, 6.45) is 0.313. The quantitative estimate of drug-likeness (QED) is 0.754. The maximum atomic E-state index is 12.1. The van der Waals surface area contributed by atoms with Crippen molar-refractivity contribution in [3.8, 4) is 5.75 Å². The lowest BCUT2D eigenvalue weighted by Crippen LogP contribution is -2.43. The molecule has 2 amide bonds. The largest absolute Gasteiger partial charge is 0.495 e. The van der Waals surface area contributed by atoms with Gasteiger partial charge in [0.2, 0.25) is 11.8 Å². The van der Waals surface area contributed by atoms with Crippen molar-refractivity contribution in [1.82, 2.24) is 5.32 Å². The summed E-state index contributed by atoms with van der Waals surface area (Å²) in [4.78, 5) is 23.2. The smallest absolute Gasteiger partial charge is 0.226 e. The third-order valence-electron chi connectivity index (χ3n) is 3.22. The summed E-state index contributed by atoms with van der Waals surface area (Å²) in [6, 6.07) is 5.09. The van der Waals surface area contributed by atoms with Gasteiger partial charge in [-0.05, 0) is 18.2 Å². The lowest BCUT2D eigenvalue weighted by Gasteiger charge is -2.23. The van der Waals surface area contributed by atoms with E-state index in [1.54, 1.807) is 18.2 Å². The summed E-state index contributed by atoms with van der Waals surface area (Å²) in [5.74, 6) is 0.225. The number of rotatable bonds is 5. The number of nitrogens with one attached hydrogen (secondary N) is 3. The number of ether oxygens (including phenoxy) is 2. The first-order valence-electron chi connectivity index (χ1n) is 7.15. The van der Waals surface area contributed by atoms with Crippen LogP contribution in [0.15, 0.2) is 18.2 Å². The molecule has 0 aromatic heterocycles. The molecule has 1 atom stereocenters. The van der Waals surface area contributed by atoms with Crippen LogP contribution in [-0.4, -0.2) is 44.7 Å². The summed E-state index contributed by atoms with van der Waals surface area (Å²) < 4.78 is 10.6. The van der Waals surface area contributed by atoms with Gasteiger partial charge in [0, 0.05) is 31.6 Å². The Morgan fingerprint density at radius 1 is 1.41 bits per heavy atom.